The lowest BCUT2D eigenvalue weighted by Crippen LogP contribution is -2.12. The number of rotatable bonds is 1. The fraction of sp³-hybridized carbons (Fsp3) is 0.333. The van der Waals surface area contributed by atoms with Gasteiger partial charge in [0, 0.05) is 1.37 Å². The Morgan fingerprint density at radius 1 is 1.33 bits per heavy atom. The number of benzene rings is 1. The first-order valence-electron chi connectivity index (χ1n) is 4.16. The minimum atomic E-state index is -4.19. The lowest BCUT2D eigenvalue weighted by Gasteiger charge is -2.08. The summed E-state index contributed by atoms with van der Waals surface area (Å²) in [6.07, 6.45) is -5.13. The first kappa shape index (κ1) is 7.65. The summed E-state index contributed by atoms with van der Waals surface area (Å²) in [7, 11) is 0. The van der Waals surface area contributed by atoms with E-state index in [4.69, 9.17) is 1.37 Å². The molecule has 0 heterocycles. The lowest BCUT2D eigenvalue weighted by molar-refractivity contribution is -0.127. The maximum absolute atomic E-state index is 12.0. The molecule has 1 aromatic carbocycles. The Labute approximate surface area is 70.4 Å². The van der Waals surface area contributed by atoms with Gasteiger partial charge in [-0.05, 0) is 18.0 Å². The van der Waals surface area contributed by atoms with Gasteiger partial charge in [0.15, 0.2) is 0 Å². The van der Waals surface area contributed by atoms with E-state index in [0.29, 0.717) is 5.56 Å². The molecule has 66 valence electrons. The maximum Gasteiger partial charge on any atom is 0.393 e. The molecular weight excluding hydrogens is 165 g/mol. The van der Waals surface area contributed by atoms with Crippen LogP contribution in [0.3, 0.4) is 0 Å². The molecule has 1 rings (SSSR count). The molecule has 0 amide bonds. The number of alkyl halides is 3. The molecule has 3 heteroatoms. The van der Waals surface area contributed by atoms with E-state index in [2.05, 4.69) is 0 Å². The molecule has 0 atom stereocenters. The summed E-state index contributed by atoms with van der Waals surface area (Å²) >= 11 is 0. The second-order valence-electron chi connectivity index (χ2n) is 2.56. The van der Waals surface area contributed by atoms with Gasteiger partial charge in [-0.15, -0.1) is 0 Å². The van der Waals surface area contributed by atoms with Gasteiger partial charge >= 0.3 is 6.18 Å². The highest BCUT2D eigenvalue weighted by Gasteiger charge is 2.27. The van der Waals surface area contributed by atoms with Gasteiger partial charge in [0.05, 0.1) is 6.42 Å². The van der Waals surface area contributed by atoms with E-state index in [1.165, 1.54) is 6.07 Å². The van der Waals surface area contributed by atoms with Crippen molar-refractivity contribution < 1.29 is 14.5 Å². The van der Waals surface area contributed by atoms with Crippen molar-refractivity contribution in [1.29, 1.82) is 0 Å². The topological polar surface area (TPSA) is 0 Å². The predicted octanol–water partition coefficient (Wildman–Crippen LogP) is 3.10. The van der Waals surface area contributed by atoms with E-state index >= 15 is 0 Å². The number of hydrogen-bond acceptors (Lipinski definition) is 0. The second-order valence-corrected chi connectivity index (χ2v) is 2.56. The van der Waals surface area contributed by atoms with Crippen LogP contribution >= 0.6 is 0 Å². The second kappa shape index (κ2) is 3.17. The molecule has 0 spiro atoms. The van der Waals surface area contributed by atoms with E-state index in [-0.39, 0.29) is 12.5 Å². The molecule has 0 aliphatic carbocycles. The van der Waals surface area contributed by atoms with Crippen LogP contribution in [0.25, 0.3) is 0 Å². The monoisotopic (exact) mass is 175 g/mol. The molecule has 12 heavy (non-hydrogen) atoms. The molecule has 1 aromatic rings. The van der Waals surface area contributed by atoms with E-state index in [1.807, 2.05) is 0 Å². The van der Waals surface area contributed by atoms with Crippen LogP contribution in [0.4, 0.5) is 13.2 Å². The molecular formula is C9H9F3. The molecule has 0 saturated heterocycles. The highest BCUT2D eigenvalue weighted by Crippen LogP contribution is 2.22. The molecule has 0 fully saturated rings. The number of hydrogen-bond donors (Lipinski definition) is 0. The first-order valence-corrected chi connectivity index (χ1v) is 3.45. The molecule has 0 saturated carbocycles. The van der Waals surface area contributed by atoms with Crippen LogP contribution in [0.5, 0.6) is 0 Å². The molecule has 0 nitrogen and oxygen atoms in total. The van der Waals surface area contributed by atoms with Gasteiger partial charge in [-0.3, -0.25) is 0 Å². The molecule has 0 aromatic heterocycles. The van der Waals surface area contributed by atoms with Crippen molar-refractivity contribution in [3.63, 3.8) is 0 Å². The zero-order valence-corrected chi connectivity index (χ0v) is 6.36. The van der Waals surface area contributed by atoms with Gasteiger partial charge < -0.3 is 0 Å². The number of aryl methyl sites for hydroxylation is 1. The van der Waals surface area contributed by atoms with Crippen molar-refractivity contribution in [3.05, 3.63) is 35.4 Å². The molecule has 0 aliphatic rings. The van der Waals surface area contributed by atoms with Gasteiger partial charge in [0.2, 0.25) is 0 Å². The zero-order chi connectivity index (χ0) is 9.90. The fourth-order valence-corrected chi connectivity index (χ4v) is 0.946. The summed E-state index contributed by atoms with van der Waals surface area (Å²) in [6.45, 7) is -0.105. The van der Waals surface area contributed by atoms with Crippen molar-refractivity contribution in [2.24, 2.45) is 0 Å². The third-order valence-electron chi connectivity index (χ3n) is 1.51. The highest BCUT2D eigenvalue weighted by molar-refractivity contribution is 5.26. The fourth-order valence-electron chi connectivity index (χ4n) is 0.946. The van der Waals surface area contributed by atoms with Crippen LogP contribution in [0.15, 0.2) is 24.3 Å². The highest BCUT2D eigenvalue weighted by atomic mass is 19.4. The smallest absolute Gasteiger partial charge is 0.171 e. The van der Waals surface area contributed by atoms with E-state index in [9.17, 15) is 13.2 Å². The van der Waals surface area contributed by atoms with Gasteiger partial charge in [0.1, 0.15) is 0 Å². The normalized spacial score (nSPS) is 12.8. The molecule has 0 radical (unpaired) electrons. The Hall–Kier alpha value is -0.990. The van der Waals surface area contributed by atoms with Gasteiger partial charge in [0.25, 0.3) is 0 Å². The molecule has 0 unspecified atom stereocenters. The van der Waals surface area contributed by atoms with Gasteiger partial charge in [-0.25, -0.2) is 0 Å². The lowest BCUT2D eigenvalue weighted by atomic mass is 10.1. The van der Waals surface area contributed by atoms with Crippen molar-refractivity contribution in [3.8, 4) is 0 Å². The van der Waals surface area contributed by atoms with E-state index in [0.717, 1.165) is 0 Å². The Kier molecular flexibility index (Phi) is 2.02. The summed E-state index contributed by atoms with van der Waals surface area (Å²) in [6, 6.07) is 6.16. The SMILES string of the molecule is [2H]Cc1ccccc1CC(F)(F)F. The standard InChI is InChI=1S/C9H9F3/c1-7-4-2-3-5-8(7)6-9(10,11)12/h2-5H,6H2,1H3/i1D. The summed E-state index contributed by atoms with van der Waals surface area (Å²) in [4.78, 5) is 0. The van der Waals surface area contributed by atoms with Crippen molar-refractivity contribution in [2.45, 2.75) is 19.5 Å². The average molecular weight is 175 g/mol. The van der Waals surface area contributed by atoms with E-state index in [1.54, 1.807) is 18.2 Å². The Morgan fingerprint density at radius 2 is 2.00 bits per heavy atom. The summed E-state index contributed by atoms with van der Waals surface area (Å²) in [5.74, 6) is 0. The average Bonchev–Trinajstić information content (AvgIpc) is 2.02. The van der Waals surface area contributed by atoms with Crippen LogP contribution in [0.2, 0.25) is 0 Å². The van der Waals surface area contributed by atoms with Crippen molar-refractivity contribution in [2.75, 3.05) is 0 Å². The zero-order valence-electron chi connectivity index (χ0n) is 7.36. The van der Waals surface area contributed by atoms with Crippen LogP contribution < -0.4 is 0 Å². The van der Waals surface area contributed by atoms with Crippen LogP contribution in [0, 0.1) is 6.90 Å². The van der Waals surface area contributed by atoms with Crippen LogP contribution in [-0.4, -0.2) is 6.18 Å². The predicted molar refractivity (Wildman–Crippen MR) is 40.9 cm³/mol. The van der Waals surface area contributed by atoms with Crippen molar-refractivity contribution >= 4 is 0 Å². The van der Waals surface area contributed by atoms with Gasteiger partial charge in [-0.1, -0.05) is 24.3 Å². The Balaban J connectivity index is 2.87. The molecule has 0 bridgehead atoms. The van der Waals surface area contributed by atoms with E-state index < -0.39 is 12.6 Å². The summed E-state index contributed by atoms with van der Waals surface area (Å²) in [5.41, 5.74) is 0.643. The largest absolute Gasteiger partial charge is 0.393 e. The first-order chi connectivity index (χ1) is 6.03. The Bertz CT molecular complexity index is 280. The quantitative estimate of drug-likeness (QED) is 0.615. The minimum Gasteiger partial charge on any atom is -0.171 e. The maximum atomic E-state index is 12.0. The molecule has 0 N–H and O–H groups in total. The summed E-state index contributed by atoms with van der Waals surface area (Å²) < 4.78 is 43.0. The number of halogens is 3. The third-order valence-corrected chi connectivity index (χ3v) is 1.51. The van der Waals surface area contributed by atoms with Crippen LogP contribution in [-0.2, 0) is 6.42 Å². The van der Waals surface area contributed by atoms with Crippen molar-refractivity contribution in [1.82, 2.24) is 0 Å². The minimum absolute atomic E-state index is 0.105. The van der Waals surface area contributed by atoms with Crippen LogP contribution in [0.1, 0.15) is 12.5 Å². The van der Waals surface area contributed by atoms with Gasteiger partial charge in [-0.2, -0.15) is 13.2 Å². The third kappa shape index (κ3) is 2.57. The Morgan fingerprint density at radius 3 is 2.58 bits per heavy atom. The molecule has 0 aliphatic heterocycles. The summed E-state index contributed by atoms with van der Waals surface area (Å²) in [5, 5.41) is 0.